The molecule has 0 aliphatic carbocycles. The molecule has 1 aromatic heterocycles. The summed E-state index contributed by atoms with van der Waals surface area (Å²) in [7, 11) is 0. The van der Waals surface area contributed by atoms with Crippen LogP contribution < -0.4 is 10.1 Å². The molecule has 0 unspecified atom stereocenters. The predicted octanol–water partition coefficient (Wildman–Crippen LogP) is 5.00. The fourth-order valence-corrected chi connectivity index (χ4v) is 4.42. The molecule has 0 radical (unpaired) electrons. The Kier molecular flexibility index (Phi) is 4.89. The highest BCUT2D eigenvalue weighted by Crippen LogP contribution is 2.40. The van der Waals surface area contributed by atoms with Gasteiger partial charge in [-0.1, -0.05) is 18.5 Å². The first kappa shape index (κ1) is 18.0. The van der Waals surface area contributed by atoms with Crippen molar-refractivity contribution in [2.75, 3.05) is 0 Å². The minimum absolute atomic E-state index is 0.0787. The van der Waals surface area contributed by atoms with Crippen LogP contribution in [0.15, 0.2) is 29.6 Å². The number of thiophene rings is 1. The number of nitrogens with one attached hydrogen (secondary N) is 2. The van der Waals surface area contributed by atoms with Crippen LogP contribution in [0, 0.1) is 5.41 Å². The lowest BCUT2D eigenvalue weighted by atomic mass is 9.78. The lowest BCUT2D eigenvalue weighted by molar-refractivity contribution is -0.121. The van der Waals surface area contributed by atoms with Crippen molar-refractivity contribution in [2.24, 2.45) is 0 Å². The van der Waals surface area contributed by atoms with E-state index in [1.54, 1.807) is 11.3 Å². The van der Waals surface area contributed by atoms with Gasteiger partial charge in [0.25, 0.3) is 0 Å². The van der Waals surface area contributed by atoms with Gasteiger partial charge in [0.15, 0.2) is 0 Å². The Labute approximate surface area is 156 Å². The van der Waals surface area contributed by atoms with Crippen LogP contribution in [-0.2, 0) is 10.2 Å². The topological polar surface area (TPSA) is 62.2 Å². The van der Waals surface area contributed by atoms with E-state index < -0.39 is 0 Å². The average Bonchev–Trinajstić information content (AvgIpc) is 2.94. The zero-order valence-corrected chi connectivity index (χ0v) is 16.1. The fraction of sp³-hybridized carbons (Fsp3) is 0.368. The normalized spacial score (nSPS) is 20.7. The van der Waals surface area contributed by atoms with Crippen LogP contribution in [0.25, 0.3) is 11.1 Å². The van der Waals surface area contributed by atoms with Crippen molar-refractivity contribution in [3.8, 4) is 16.9 Å². The Morgan fingerprint density at radius 3 is 2.68 bits per heavy atom. The summed E-state index contributed by atoms with van der Waals surface area (Å²) in [6, 6.07) is 7.81. The first-order chi connectivity index (χ1) is 11.7. The van der Waals surface area contributed by atoms with E-state index in [4.69, 9.17) is 21.7 Å². The summed E-state index contributed by atoms with van der Waals surface area (Å²) < 4.78 is 5.77. The minimum atomic E-state index is -0.335. The van der Waals surface area contributed by atoms with Crippen LogP contribution in [0.4, 0.5) is 0 Å². The van der Waals surface area contributed by atoms with Crippen LogP contribution in [0.5, 0.6) is 5.75 Å². The molecule has 2 aromatic rings. The third-order valence-electron chi connectivity index (χ3n) is 4.18. The molecule has 0 bridgehead atoms. The minimum Gasteiger partial charge on any atom is -0.491 e. The van der Waals surface area contributed by atoms with Crippen molar-refractivity contribution in [2.45, 2.75) is 45.1 Å². The van der Waals surface area contributed by atoms with Crippen molar-refractivity contribution < 1.29 is 9.53 Å². The van der Waals surface area contributed by atoms with Crippen molar-refractivity contribution in [1.82, 2.24) is 5.32 Å². The summed E-state index contributed by atoms with van der Waals surface area (Å²) in [5.41, 5.74) is 1.71. The van der Waals surface area contributed by atoms with Gasteiger partial charge in [0.05, 0.1) is 6.10 Å². The molecule has 2 N–H and O–H groups in total. The van der Waals surface area contributed by atoms with Crippen molar-refractivity contribution >= 4 is 34.7 Å². The van der Waals surface area contributed by atoms with Gasteiger partial charge >= 0.3 is 0 Å². The summed E-state index contributed by atoms with van der Waals surface area (Å²) >= 11 is 7.87. The molecule has 1 aliphatic rings. The fourth-order valence-electron chi connectivity index (χ4n) is 3.11. The van der Waals surface area contributed by atoms with Crippen LogP contribution in [0.1, 0.15) is 38.5 Å². The summed E-state index contributed by atoms with van der Waals surface area (Å²) in [4.78, 5) is 13.0. The second-order valence-corrected chi connectivity index (χ2v) is 8.33. The smallest absolute Gasteiger partial charge is 0.226 e. The van der Waals surface area contributed by atoms with Gasteiger partial charge in [-0.15, -0.1) is 11.3 Å². The molecular formula is C19H21ClN2O2S. The Morgan fingerprint density at radius 2 is 2.00 bits per heavy atom. The number of hydrogen-bond donors (Lipinski definition) is 2. The monoisotopic (exact) mass is 376 g/mol. The summed E-state index contributed by atoms with van der Waals surface area (Å²) in [6.45, 7) is 6.00. The van der Waals surface area contributed by atoms with Crippen molar-refractivity contribution in [1.29, 1.82) is 5.41 Å². The van der Waals surface area contributed by atoms with Crippen molar-refractivity contribution in [3.63, 3.8) is 0 Å². The van der Waals surface area contributed by atoms with Gasteiger partial charge in [-0.05, 0) is 54.6 Å². The molecule has 3 rings (SSSR count). The second kappa shape index (κ2) is 6.81. The number of carbonyl (C=O) groups is 1. The lowest BCUT2D eigenvalue weighted by Gasteiger charge is -2.32. The molecule has 1 aliphatic heterocycles. The molecule has 4 nitrogen and oxygen atoms in total. The maximum atomic E-state index is 11.8. The van der Waals surface area contributed by atoms with E-state index in [2.05, 4.69) is 16.8 Å². The van der Waals surface area contributed by atoms with Gasteiger partial charge in [-0.25, -0.2) is 0 Å². The van der Waals surface area contributed by atoms with Crippen molar-refractivity contribution in [3.05, 3.63) is 39.5 Å². The number of amides is 1. The van der Waals surface area contributed by atoms with E-state index in [0.29, 0.717) is 17.9 Å². The average molecular weight is 377 g/mol. The number of rotatable bonds is 4. The number of hydrogen-bond acceptors (Lipinski definition) is 4. The molecule has 6 heteroatoms. The van der Waals surface area contributed by atoms with E-state index >= 15 is 0 Å². The van der Waals surface area contributed by atoms with E-state index in [9.17, 15) is 4.79 Å². The van der Waals surface area contributed by atoms with Crippen LogP contribution in [-0.4, -0.2) is 17.8 Å². The van der Waals surface area contributed by atoms with E-state index in [0.717, 1.165) is 21.8 Å². The molecule has 0 spiro atoms. The van der Waals surface area contributed by atoms with Gasteiger partial charge in [-0.2, -0.15) is 0 Å². The number of ether oxygens (including phenoxy) is 1. The zero-order valence-electron chi connectivity index (χ0n) is 14.5. The standard InChI is InChI=1S/C19H21ClN2O2S/c1-11(2)24-15-5-12(4-14(20)7-15)13-6-16(25-10-13)19(3)8-17(21)22-18(23)9-19/h4-7,10-11H,8-9H2,1-3H3,(H2,21,22,23)/t19-/m0/s1. The highest BCUT2D eigenvalue weighted by atomic mass is 35.5. The molecule has 0 saturated carbocycles. The van der Waals surface area contributed by atoms with Crippen LogP contribution in [0.3, 0.4) is 0 Å². The van der Waals surface area contributed by atoms with Crippen LogP contribution in [0.2, 0.25) is 5.02 Å². The number of halogens is 1. The number of amidine groups is 1. The highest BCUT2D eigenvalue weighted by molar-refractivity contribution is 7.10. The first-order valence-electron chi connectivity index (χ1n) is 8.19. The largest absolute Gasteiger partial charge is 0.491 e. The van der Waals surface area contributed by atoms with E-state index in [1.165, 1.54) is 0 Å². The first-order valence-corrected chi connectivity index (χ1v) is 9.45. The Morgan fingerprint density at radius 1 is 1.24 bits per heavy atom. The molecule has 2 heterocycles. The van der Waals surface area contributed by atoms with Gasteiger partial charge < -0.3 is 10.1 Å². The van der Waals surface area contributed by atoms with E-state index in [1.807, 2.05) is 39.0 Å². The van der Waals surface area contributed by atoms with Gasteiger partial charge in [0, 0.05) is 28.2 Å². The highest BCUT2D eigenvalue weighted by Gasteiger charge is 2.36. The van der Waals surface area contributed by atoms with Gasteiger partial charge in [0.2, 0.25) is 5.91 Å². The molecule has 132 valence electrons. The lowest BCUT2D eigenvalue weighted by Crippen LogP contribution is -2.44. The Balaban J connectivity index is 1.92. The maximum Gasteiger partial charge on any atom is 0.226 e. The third kappa shape index (κ3) is 4.05. The summed E-state index contributed by atoms with van der Waals surface area (Å²) in [6.07, 6.45) is 1.01. The Hall–Kier alpha value is -1.85. The maximum absolute atomic E-state index is 11.8. The molecule has 1 saturated heterocycles. The number of piperidine rings is 1. The number of carbonyl (C=O) groups excluding carboxylic acids is 1. The van der Waals surface area contributed by atoms with E-state index in [-0.39, 0.29) is 23.3 Å². The second-order valence-electron chi connectivity index (χ2n) is 6.98. The zero-order chi connectivity index (χ0) is 18.2. The summed E-state index contributed by atoms with van der Waals surface area (Å²) in [5, 5.41) is 13.1. The molecule has 1 amide bonds. The molecule has 1 aromatic carbocycles. The molecule has 1 fully saturated rings. The molecule has 25 heavy (non-hydrogen) atoms. The van der Waals surface area contributed by atoms with Crippen LogP contribution >= 0.6 is 22.9 Å². The molecular weight excluding hydrogens is 356 g/mol. The predicted molar refractivity (Wildman–Crippen MR) is 103 cm³/mol. The third-order valence-corrected chi connectivity index (χ3v) is 5.63. The SMILES string of the molecule is CC(C)Oc1cc(Cl)cc(-c2csc([C@@]3(C)CC(=N)NC(=O)C3)c2)c1. The van der Waals surface area contributed by atoms with Gasteiger partial charge in [-0.3, -0.25) is 10.2 Å². The van der Waals surface area contributed by atoms with Gasteiger partial charge in [0.1, 0.15) is 11.6 Å². The molecule has 1 atom stereocenters. The quantitative estimate of drug-likeness (QED) is 0.788. The number of benzene rings is 1. The summed E-state index contributed by atoms with van der Waals surface area (Å²) in [5.74, 6) is 0.934. The Bertz CT molecular complexity index is 813.